The van der Waals surface area contributed by atoms with E-state index in [4.69, 9.17) is 10.5 Å². The zero-order valence-corrected chi connectivity index (χ0v) is 11.2. The van der Waals surface area contributed by atoms with Gasteiger partial charge in [-0.2, -0.15) is 0 Å². The molecule has 0 aliphatic heterocycles. The van der Waals surface area contributed by atoms with Gasteiger partial charge in [0.1, 0.15) is 5.69 Å². The van der Waals surface area contributed by atoms with Gasteiger partial charge in [0, 0.05) is 38.4 Å². The predicted molar refractivity (Wildman–Crippen MR) is 74.8 cm³/mol. The average Bonchev–Trinajstić information content (AvgIpc) is 2.42. The number of hydrogen-bond acceptors (Lipinski definition) is 6. The SMILES string of the molecule is COCCNCCNc1cc(C(N)=O)ccc1[N+](=O)[O-]. The standard InChI is InChI=1S/C12H18N4O4/c1-20-7-6-14-4-5-15-10-8-9(12(13)17)2-3-11(10)16(18)19/h2-3,8,14-15H,4-7H2,1H3,(H2,13,17). The number of nitro benzene ring substituents is 1. The summed E-state index contributed by atoms with van der Waals surface area (Å²) in [5.74, 6) is -0.624. The van der Waals surface area contributed by atoms with Crippen LogP contribution in [-0.2, 0) is 4.74 Å². The van der Waals surface area contributed by atoms with Crippen LogP contribution in [0.25, 0.3) is 0 Å². The lowest BCUT2D eigenvalue weighted by atomic mass is 10.1. The van der Waals surface area contributed by atoms with E-state index in [1.807, 2.05) is 0 Å². The highest BCUT2D eigenvalue weighted by atomic mass is 16.6. The van der Waals surface area contributed by atoms with E-state index in [2.05, 4.69) is 10.6 Å². The maximum Gasteiger partial charge on any atom is 0.292 e. The molecule has 0 fully saturated rings. The second-order valence-corrected chi connectivity index (χ2v) is 4.02. The Morgan fingerprint density at radius 1 is 1.40 bits per heavy atom. The molecule has 1 rings (SSSR count). The van der Waals surface area contributed by atoms with E-state index in [-0.39, 0.29) is 16.9 Å². The number of hydrogen-bond donors (Lipinski definition) is 3. The number of nitrogens with two attached hydrogens (primary N) is 1. The monoisotopic (exact) mass is 282 g/mol. The first-order chi connectivity index (χ1) is 9.56. The molecule has 0 aromatic heterocycles. The second-order valence-electron chi connectivity index (χ2n) is 4.02. The Balaban J connectivity index is 2.63. The first-order valence-corrected chi connectivity index (χ1v) is 6.08. The molecule has 0 unspecified atom stereocenters. The summed E-state index contributed by atoms with van der Waals surface area (Å²) in [4.78, 5) is 21.5. The molecule has 20 heavy (non-hydrogen) atoms. The van der Waals surface area contributed by atoms with Gasteiger partial charge in [-0.1, -0.05) is 0 Å². The second kappa shape index (κ2) is 8.08. The number of carbonyl (C=O) groups is 1. The minimum Gasteiger partial charge on any atom is -0.383 e. The van der Waals surface area contributed by atoms with Gasteiger partial charge in [0.15, 0.2) is 0 Å². The highest BCUT2D eigenvalue weighted by molar-refractivity contribution is 5.94. The van der Waals surface area contributed by atoms with E-state index in [0.717, 1.165) is 0 Å². The molecule has 4 N–H and O–H groups in total. The topological polar surface area (TPSA) is 120 Å². The normalized spacial score (nSPS) is 10.2. The van der Waals surface area contributed by atoms with Crippen molar-refractivity contribution in [1.29, 1.82) is 0 Å². The Hall–Kier alpha value is -2.19. The van der Waals surface area contributed by atoms with E-state index in [1.165, 1.54) is 18.2 Å². The molecule has 0 radical (unpaired) electrons. The molecule has 0 atom stereocenters. The van der Waals surface area contributed by atoms with E-state index >= 15 is 0 Å². The fourth-order valence-corrected chi connectivity index (χ4v) is 1.57. The van der Waals surface area contributed by atoms with Crippen molar-refractivity contribution in [2.24, 2.45) is 5.73 Å². The van der Waals surface area contributed by atoms with E-state index in [1.54, 1.807) is 7.11 Å². The molecule has 0 spiro atoms. The van der Waals surface area contributed by atoms with Crippen LogP contribution in [0.4, 0.5) is 11.4 Å². The maximum absolute atomic E-state index is 11.1. The van der Waals surface area contributed by atoms with Gasteiger partial charge in [0.05, 0.1) is 11.5 Å². The lowest BCUT2D eigenvalue weighted by molar-refractivity contribution is -0.384. The van der Waals surface area contributed by atoms with Crippen molar-refractivity contribution in [3.05, 3.63) is 33.9 Å². The van der Waals surface area contributed by atoms with Crippen molar-refractivity contribution in [2.75, 3.05) is 38.7 Å². The summed E-state index contributed by atoms with van der Waals surface area (Å²) in [6.07, 6.45) is 0. The van der Waals surface area contributed by atoms with Crippen molar-refractivity contribution < 1.29 is 14.5 Å². The van der Waals surface area contributed by atoms with Crippen LogP contribution in [0, 0.1) is 10.1 Å². The van der Waals surface area contributed by atoms with Crippen LogP contribution in [0.15, 0.2) is 18.2 Å². The summed E-state index contributed by atoms with van der Waals surface area (Å²) in [6, 6.07) is 3.99. The predicted octanol–water partition coefficient (Wildman–Crippen LogP) is 0.342. The Labute approximate surface area is 116 Å². The molecule has 1 amide bonds. The molecule has 1 aromatic rings. The zero-order valence-electron chi connectivity index (χ0n) is 11.2. The summed E-state index contributed by atoms with van der Waals surface area (Å²) < 4.78 is 4.88. The number of methoxy groups -OCH3 is 1. The van der Waals surface area contributed by atoms with E-state index < -0.39 is 10.8 Å². The van der Waals surface area contributed by atoms with Gasteiger partial charge in [-0.05, 0) is 12.1 Å². The Bertz CT molecular complexity index is 479. The molecule has 8 nitrogen and oxygen atoms in total. The molecule has 0 saturated heterocycles. The first kappa shape index (κ1) is 15.9. The van der Waals surface area contributed by atoms with Gasteiger partial charge >= 0.3 is 0 Å². The highest BCUT2D eigenvalue weighted by Gasteiger charge is 2.15. The number of carbonyl (C=O) groups excluding carboxylic acids is 1. The van der Waals surface area contributed by atoms with E-state index in [0.29, 0.717) is 26.2 Å². The van der Waals surface area contributed by atoms with Crippen molar-refractivity contribution >= 4 is 17.3 Å². The molecule has 1 aromatic carbocycles. The number of nitrogens with one attached hydrogen (secondary N) is 2. The first-order valence-electron chi connectivity index (χ1n) is 6.08. The summed E-state index contributed by atoms with van der Waals surface area (Å²) in [6.45, 7) is 2.38. The highest BCUT2D eigenvalue weighted by Crippen LogP contribution is 2.25. The number of nitro groups is 1. The Morgan fingerprint density at radius 2 is 2.15 bits per heavy atom. The quantitative estimate of drug-likeness (QED) is 0.341. The number of ether oxygens (including phenoxy) is 1. The molecule has 0 saturated carbocycles. The van der Waals surface area contributed by atoms with Gasteiger partial charge in [0.2, 0.25) is 5.91 Å². The minimum absolute atomic E-state index is 0.0908. The van der Waals surface area contributed by atoms with Crippen LogP contribution in [0.3, 0.4) is 0 Å². The number of primary amides is 1. The fraction of sp³-hybridized carbons (Fsp3) is 0.417. The lowest BCUT2D eigenvalue weighted by Gasteiger charge is -2.09. The summed E-state index contributed by atoms with van der Waals surface area (Å²) in [5, 5.41) is 16.9. The summed E-state index contributed by atoms with van der Waals surface area (Å²) in [7, 11) is 1.61. The lowest BCUT2D eigenvalue weighted by Crippen LogP contribution is -2.25. The third-order valence-electron chi connectivity index (χ3n) is 2.58. The van der Waals surface area contributed by atoms with Crippen molar-refractivity contribution in [3.8, 4) is 0 Å². The minimum atomic E-state index is -0.624. The van der Waals surface area contributed by atoms with Crippen LogP contribution < -0.4 is 16.4 Å². The average molecular weight is 282 g/mol. The third-order valence-corrected chi connectivity index (χ3v) is 2.58. The van der Waals surface area contributed by atoms with Crippen LogP contribution in [0.1, 0.15) is 10.4 Å². The van der Waals surface area contributed by atoms with Crippen molar-refractivity contribution in [2.45, 2.75) is 0 Å². The van der Waals surface area contributed by atoms with Crippen molar-refractivity contribution in [1.82, 2.24) is 5.32 Å². The summed E-state index contributed by atoms with van der Waals surface area (Å²) in [5.41, 5.74) is 5.57. The number of anilines is 1. The van der Waals surface area contributed by atoms with Crippen molar-refractivity contribution in [3.63, 3.8) is 0 Å². The number of benzene rings is 1. The molecule has 0 heterocycles. The number of nitrogens with zero attached hydrogens (tertiary/aromatic N) is 1. The van der Waals surface area contributed by atoms with Gasteiger partial charge in [-0.25, -0.2) is 0 Å². The summed E-state index contributed by atoms with van der Waals surface area (Å²) >= 11 is 0. The van der Waals surface area contributed by atoms with Gasteiger partial charge in [-0.15, -0.1) is 0 Å². The zero-order chi connectivity index (χ0) is 15.0. The molecule has 0 bridgehead atoms. The Kier molecular flexibility index (Phi) is 6.41. The molecular formula is C12H18N4O4. The molecule has 8 heteroatoms. The van der Waals surface area contributed by atoms with Gasteiger partial charge in [0.25, 0.3) is 5.69 Å². The number of rotatable bonds is 9. The maximum atomic E-state index is 11.1. The largest absolute Gasteiger partial charge is 0.383 e. The molecular weight excluding hydrogens is 264 g/mol. The van der Waals surface area contributed by atoms with Gasteiger partial charge < -0.3 is 21.1 Å². The smallest absolute Gasteiger partial charge is 0.292 e. The van der Waals surface area contributed by atoms with Crippen LogP contribution >= 0.6 is 0 Å². The van der Waals surface area contributed by atoms with Crippen LogP contribution in [0.2, 0.25) is 0 Å². The molecule has 0 aliphatic carbocycles. The molecule has 110 valence electrons. The van der Waals surface area contributed by atoms with Crippen LogP contribution in [0.5, 0.6) is 0 Å². The third kappa shape index (κ3) is 4.82. The fourth-order valence-electron chi connectivity index (χ4n) is 1.57. The molecule has 0 aliphatic rings. The Morgan fingerprint density at radius 3 is 2.75 bits per heavy atom. The van der Waals surface area contributed by atoms with Crippen LogP contribution in [-0.4, -0.2) is 44.2 Å². The number of amides is 1. The van der Waals surface area contributed by atoms with E-state index in [9.17, 15) is 14.9 Å². The van der Waals surface area contributed by atoms with Gasteiger partial charge in [-0.3, -0.25) is 14.9 Å².